The van der Waals surface area contributed by atoms with E-state index in [-0.39, 0.29) is 17.4 Å². The van der Waals surface area contributed by atoms with Gasteiger partial charge in [0.2, 0.25) is 5.91 Å². The molecule has 1 rings (SSSR count). The van der Waals surface area contributed by atoms with Crippen LogP contribution < -0.4 is 16.0 Å². The number of amides is 1. The van der Waals surface area contributed by atoms with E-state index in [2.05, 4.69) is 55.7 Å². The summed E-state index contributed by atoms with van der Waals surface area (Å²) < 4.78 is 0. The number of piperazine rings is 1. The monoisotopic (exact) mass is 256 g/mol. The van der Waals surface area contributed by atoms with E-state index in [0.717, 1.165) is 13.1 Å². The Kier molecular flexibility index (Phi) is 5.56. The Morgan fingerprint density at radius 1 is 1.33 bits per heavy atom. The summed E-state index contributed by atoms with van der Waals surface area (Å²) in [6.45, 7) is 9.67. The molecule has 1 heterocycles. The largest absolute Gasteiger partial charge is 0.354 e. The Morgan fingerprint density at radius 3 is 2.50 bits per heavy atom. The van der Waals surface area contributed by atoms with Crippen molar-refractivity contribution >= 4 is 5.91 Å². The molecular weight excluding hydrogens is 228 g/mol. The van der Waals surface area contributed by atoms with Gasteiger partial charge in [0.15, 0.2) is 0 Å². The first-order valence-electron chi connectivity index (χ1n) is 6.69. The number of nitrogens with one attached hydrogen (secondary N) is 3. The first-order chi connectivity index (χ1) is 8.30. The van der Waals surface area contributed by atoms with Crippen molar-refractivity contribution in [2.24, 2.45) is 5.41 Å². The first kappa shape index (κ1) is 15.4. The van der Waals surface area contributed by atoms with E-state index in [9.17, 15) is 4.79 Å². The van der Waals surface area contributed by atoms with E-state index in [1.807, 2.05) is 0 Å². The van der Waals surface area contributed by atoms with Gasteiger partial charge in [-0.05, 0) is 26.4 Å². The zero-order valence-electron chi connectivity index (χ0n) is 12.3. The second-order valence-corrected chi connectivity index (χ2v) is 6.39. The van der Waals surface area contributed by atoms with Crippen LogP contribution in [0.3, 0.4) is 0 Å². The van der Waals surface area contributed by atoms with Gasteiger partial charge >= 0.3 is 0 Å². The molecule has 1 aliphatic rings. The lowest BCUT2D eigenvalue weighted by atomic mass is 9.93. The summed E-state index contributed by atoms with van der Waals surface area (Å²) in [5, 5.41) is 9.62. The minimum atomic E-state index is -0.101. The summed E-state index contributed by atoms with van der Waals surface area (Å²) in [4.78, 5) is 14.2. The lowest BCUT2D eigenvalue weighted by Crippen LogP contribution is -2.59. The molecule has 106 valence electrons. The van der Waals surface area contributed by atoms with E-state index in [4.69, 9.17) is 0 Å². The third-order valence-electron chi connectivity index (χ3n) is 3.14. The van der Waals surface area contributed by atoms with Gasteiger partial charge in [-0.15, -0.1) is 0 Å². The molecule has 0 aliphatic carbocycles. The van der Waals surface area contributed by atoms with Gasteiger partial charge < -0.3 is 20.9 Å². The molecular formula is C13H28N4O. The average Bonchev–Trinajstić information content (AvgIpc) is 2.25. The third kappa shape index (κ3) is 5.33. The Hall–Kier alpha value is -0.650. The predicted molar refractivity (Wildman–Crippen MR) is 74.6 cm³/mol. The van der Waals surface area contributed by atoms with Gasteiger partial charge in [-0.3, -0.25) is 4.79 Å². The van der Waals surface area contributed by atoms with Crippen LogP contribution in [0.15, 0.2) is 0 Å². The highest BCUT2D eigenvalue weighted by atomic mass is 16.2. The molecule has 1 amide bonds. The van der Waals surface area contributed by atoms with Crippen LogP contribution >= 0.6 is 0 Å². The van der Waals surface area contributed by atoms with Crippen LogP contribution in [-0.2, 0) is 4.79 Å². The van der Waals surface area contributed by atoms with Crippen molar-refractivity contribution in [3.63, 3.8) is 0 Å². The van der Waals surface area contributed by atoms with Crippen LogP contribution in [0.4, 0.5) is 0 Å². The SMILES string of the molecule is CC1CNC(C(=O)NCC(C)(C)CN(C)C)CN1. The van der Waals surface area contributed by atoms with E-state index in [0.29, 0.717) is 19.1 Å². The molecule has 0 aromatic carbocycles. The topological polar surface area (TPSA) is 56.4 Å². The molecule has 1 fully saturated rings. The number of rotatable bonds is 5. The van der Waals surface area contributed by atoms with Crippen molar-refractivity contribution in [1.82, 2.24) is 20.9 Å². The molecule has 0 spiro atoms. The molecule has 1 aliphatic heterocycles. The number of nitrogens with zero attached hydrogens (tertiary/aromatic N) is 1. The minimum absolute atomic E-state index is 0.0918. The molecule has 5 heteroatoms. The quantitative estimate of drug-likeness (QED) is 0.629. The van der Waals surface area contributed by atoms with Gasteiger partial charge in [-0.25, -0.2) is 0 Å². The van der Waals surface area contributed by atoms with Crippen LogP contribution in [0.25, 0.3) is 0 Å². The van der Waals surface area contributed by atoms with Crippen LogP contribution in [0.5, 0.6) is 0 Å². The lowest BCUT2D eigenvalue weighted by molar-refractivity contribution is -0.123. The minimum Gasteiger partial charge on any atom is -0.354 e. The Balaban J connectivity index is 2.32. The van der Waals surface area contributed by atoms with Crippen molar-refractivity contribution in [2.45, 2.75) is 32.9 Å². The Bertz CT molecular complexity index is 270. The van der Waals surface area contributed by atoms with Crippen LogP contribution in [0.1, 0.15) is 20.8 Å². The molecule has 18 heavy (non-hydrogen) atoms. The zero-order chi connectivity index (χ0) is 13.8. The van der Waals surface area contributed by atoms with E-state index < -0.39 is 0 Å². The summed E-state index contributed by atoms with van der Waals surface area (Å²) in [5.41, 5.74) is 0.0918. The van der Waals surface area contributed by atoms with Gasteiger partial charge in [-0.2, -0.15) is 0 Å². The van der Waals surface area contributed by atoms with Crippen LogP contribution in [0, 0.1) is 5.41 Å². The summed E-state index contributed by atoms with van der Waals surface area (Å²) in [6, 6.07) is 0.343. The van der Waals surface area contributed by atoms with Gasteiger partial charge in [0.05, 0.1) is 6.04 Å². The summed E-state index contributed by atoms with van der Waals surface area (Å²) in [5.74, 6) is 0.0984. The van der Waals surface area contributed by atoms with Crippen molar-refractivity contribution < 1.29 is 4.79 Å². The van der Waals surface area contributed by atoms with E-state index >= 15 is 0 Å². The van der Waals surface area contributed by atoms with Gasteiger partial charge in [-0.1, -0.05) is 13.8 Å². The molecule has 1 saturated heterocycles. The third-order valence-corrected chi connectivity index (χ3v) is 3.14. The fourth-order valence-corrected chi connectivity index (χ4v) is 2.33. The highest BCUT2D eigenvalue weighted by molar-refractivity contribution is 5.82. The lowest BCUT2D eigenvalue weighted by Gasteiger charge is -2.31. The normalized spacial score (nSPS) is 25.2. The van der Waals surface area contributed by atoms with E-state index in [1.165, 1.54) is 0 Å². The van der Waals surface area contributed by atoms with Crippen molar-refractivity contribution in [3.8, 4) is 0 Å². The van der Waals surface area contributed by atoms with Crippen molar-refractivity contribution in [1.29, 1.82) is 0 Å². The molecule has 2 atom stereocenters. The molecule has 0 aromatic rings. The molecule has 0 radical (unpaired) electrons. The Morgan fingerprint density at radius 2 is 2.00 bits per heavy atom. The predicted octanol–water partition coefficient (Wildman–Crippen LogP) is -0.360. The van der Waals surface area contributed by atoms with Crippen LogP contribution in [-0.4, -0.2) is 63.2 Å². The fraction of sp³-hybridized carbons (Fsp3) is 0.923. The van der Waals surface area contributed by atoms with Gasteiger partial charge in [0, 0.05) is 32.2 Å². The molecule has 0 saturated carbocycles. The maximum Gasteiger partial charge on any atom is 0.238 e. The molecule has 0 aromatic heterocycles. The van der Waals surface area contributed by atoms with Gasteiger partial charge in [0.25, 0.3) is 0 Å². The summed E-state index contributed by atoms with van der Waals surface area (Å²) >= 11 is 0. The highest BCUT2D eigenvalue weighted by Gasteiger charge is 2.25. The number of carbonyl (C=O) groups is 1. The first-order valence-corrected chi connectivity index (χ1v) is 6.69. The smallest absolute Gasteiger partial charge is 0.238 e. The Labute approximate surface area is 111 Å². The highest BCUT2D eigenvalue weighted by Crippen LogP contribution is 2.14. The van der Waals surface area contributed by atoms with Crippen LogP contribution in [0.2, 0.25) is 0 Å². The fourth-order valence-electron chi connectivity index (χ4n) is 2.33. The average molecular weight is 256 g/mol. The zero-order valence-corrected chi connectivity index (χ0v) is 12.3. The number of hydrogen-bond acceptors (Lipinski definition) is 4. The summed E-state index contributed by atoms with van der Waals surface area (Å²) in [7, 11) is 4.11. The van der Waals surface area contributed by atoms with Gasteiger partial charge in [0.1, 0.15) is 0 Å². The molecule has 3 N–H and O–H groups in total. The molecule has 5 nitrogen and oxygen atoms in total. The van der Waals surface area contributed by atoms with Crippen molar-refractivity contribution in [2.75, 3.05) is 40.3 Å². The number of hydrogen-bond donors (Lipinski definition) is 3. The maximum absolute atomic E-state index is 12.0. The second kappa shape index (κ2) is 6.50. The molecule has 0 bridgehead atoms. The van der Waals surface area contributed by atoms with E-state index in [1.54, 1.807) is 0 Å². The summed E-state index contributed by atoms with van der Waals surface area (Å²) in [6.07, 6.45) is 0. The number of carbonyl (C=O) groups excluding carboxylic acids is 1. The molecule has 2 unspecified atom stereocenters. The maximum atomic E-state index is 12.0. The second-order valence-electron chi connectivity index (χ2n) is 6.39. The van der Waals surface area contributed by atoms with Crippen molar-refractivity contribution in [3.05, 3.63) is 0 Å². The standard InChI is InChI=1S/C13H28N4O/c1-10-6-15-11(7-14-10)12(18)16-8-13(2,3)9-17(4)5/h10-11,14-15H,6-9H2,1-5H3,(H,16,18).